The zero-order valence-corrected chi connectivity index (χ0v) is 12.0. The lowest BCUT2D eigenvalue weighted by Gasteiger charge is -2.24. The summed E-state index contributed by atoms with van der Waals surface area (Å²) in [6.45, 7) is 1.98. The number of halogens is 3. The summed E-state index contributed by atoms with van der Waals surface area (Å²) in [7, 11) is 0. The summed E-state index contributed by atoms with van der Waals surface area (Å²) in [5.41, 5.74) is 0.810. The van der Waals surface area contributed by atoms with Gasteiger partial charge in [-0.2, -0.15) is 0 Å². The van der Waals surface area contributed by atoms with Crippen molar-refractivity contribution >= 4 is 15.9 Å². The molecule has 1 aromatic carbocycles. The van der Waals surface area contributed by atoms with Crippen LogP contribution in [0.25, 0.3) is 5.69 Å². The highest BCUT2D eigenvalue weighted by Gasteiger charge is 2.22. The molecule has 0 radical (unpaired) electrons. The second kappa shape index (κ2) is 5.59. The molecule has 7 heteroatoms. The predicted octanol–water partition coefficient (Wildman–Crippen LogP) is 2.57. The summed E-state index contributed by atoms with van der Waals surface area (Å²) in [6.07, 6.45) is 2.84. The second-order valence-electron chi connectivity index (χ2n) is 4.47. The van der Waals surface area contributed by atoms with Gasteiger partial charge in [-0.05, 0) is 22.0 Å². The molecule has 4 nitrogen and oxygen atoms in total. The van der Waals surface area contributed by atoms with Crippen LogP contribution in [0.1, 0.15) is 11.8 Å². The first-order valence-corrected chi connectivity index (χ1v) is 6.95. The van der Waals surface area contributed by atoms with Crippen molar-refractivity contribution in [3.8, 4) is 5.69 Å². The largest absolute Gasteiger partial charge is 0.369 e. The van der Waals surface area contributed by atoms with E-state index in [-0.39, 0.29) is 16.3 Å². The van der Waals surface area contributed by atoms with Gasteiger partial charge in [0.2, 0.25) is 0 Å². The molecule has 0 amide bonds. The van der Waals surface area contributed by atoms with Crippen LogP contribution in [0, 0.1) is 11.6 Å². The number of nitrogens with zero attached hydrogens (tertiary/aromatic N) is 2. The first-order valence-electron chi connectivity index (χ1n) is 6.16. The van der Waals surface area contributed by atoms with Crippen LogP contribution in [-0.2, 0) is 4.74 Å². The predicted molar refractivity (Wildman–Crippen MR) is 72.7 cm³/mol. The van der Waals surface area contributed by atoms with E-state index in [9.17, 15) is 8.78 Å². The molecule has 0 spiro atoms. The molecule has 1 unspecified atom stereocenters. The van der Waals surface area contributed by atoms with Gasteiger partial charge in [0.05, 0.1) is 35.0 Å². The minimum Gasteiger partial charge on any atom is -0.369 e. The van der Waals surface area contributed by atoms with Crippen molar-refractivity contribution < 1.29 is 13.5 Å². The number of ether oxygens (including phenoxy) is 1. The molecule has 20 heavy (non-hydrogen) atoms. The first kappa shape index (κ1) is 13.7. The summed E-state index contributed by atoms with van der Waals surface area (Å²) in [6, 6.07) is 2.25. The maximum Gasteiger partial charge on any atom is 0.148 e. The van der Waals surface area contributed by atoms with Crippen LogP contribution in [0.5, 0.6) is 0 Å². The quantitative estimate of drug-likeness (QED) is 0.852. The molecule has 1 N–H and O–H groups in total. The topological polar surface area (TPSA) is 39.1 Å². The molecule has 2 heterocycles. The molecule has 0 aliphatic carbocycles. The standard InChI is InChI=1S/C13H12BrF2N3O/c14-8-3-10(16)11(4-9(8)15)19-7-18-5-12(19)13-6-17-1-2-20-13/h3-5,7,13,17H,1-2,6H2. The van der Waals surface area contributed by atoms with Crippen LogP contribution >= 0.6 is 15.9 Å². The average molecular weight is 344 g/mol. The Kier molecular flexibility index (Phi) is 3.82. The molecule has 0 saturated carbocycles. The van der Waals surface area contributed by atoms with Gasteiger partial charge < -0.3 is 10.1 Å². The van der Waals surface area contributed by atoms with Crippen molar-refractivity contribution in [2.45, 2.75) is 6.10 Å². The second-order valence-corrected chi connectivity index (χ2v) is 5.32. The molecule has 3 rings (SSSR count). The molecule has 1 aromatic heterocycles. The average Bonchev–Trinajstić information content (AvgIpc) is 2.93. The number of benzene rings is 1. The van der Waals surface area contributed by atoms with E-state index in [0.717, 1.165) is 18.7 Å². The number of aromatic nitrogens is 2. The Labute approximate surface area is 122 Å². The number of nitrogens with one attached hydrogen (secondary N) is 1. The molecule has 1 aliphatic rings. The minimum atomic E-state index is -0.527. The normalized spacial score (nSPS) is 19.2. The van der Waals surface area contributed by atoms with Crippen LogP contribution < -0.4 is 5.32 Å². The summed E-state index contributed by atoms with van der Waals surface area (Å²) >= 11 is 2.96. The van der Waals surface area contributed by atoms with Crippen LogP contribution in [0.15, 0.2) is 29.1 Å². The van der Waals surface area contributed by atoms with Crippen molar-refractivity contribution in [2.75, 3.05) is 19.7 Å². The number of rotatable bonds is 2. The van der Waals surface area contributed by atoms with E-state index >= 15 is 0 Å². The van der Waals surface area contributed by atoms with Gasteiger partial charge in [-0.3, -0.25) is 4.57 Å². The van der Waals surface area contributed by atoms with Gasteiger partial charge in [-0.25, -0.2) is 13.8 Å². The highest BCUT2D eigenvalue weighted by molar-refractivity contribution is 9.10. The maximum absolute atomic E-state index is 14.0. The molecular formula is C13H12BrF2N3O. The maximum atomic E-state index is 14.0. The number of morpholine rings is 1. The Morgan fingerprint density at radius 3 is 2.95 bits per heavy atom. The van der Waals surface area contributed by atoms with Crippen LogP contribution in [-0.4, -0.2) is 29.2 Å². The van der Waals surface area contributed by atoms with E-state index in [1.807, 2.05) is 0 Å². The Hall–Kier alpha value is -1.31. The summed E-state index contributed by atoms with van der Waals surface area (Å²) in [5.74, 6) is -1.05. The Morgan fingerprint density at radius 1 is 1.35 bits per heavy atom. The lowest BCUT2D eigenvalue weighted by molar-refractivity contribution is 0.0240. The third kappa shape index (κ3) is 2.48. The molecular weight excluding hydrogens is 332 g/mol. The van der Waals surface area contributed by atoms with Gasteiger partial charge in [-0.1, -0.05) is 0 Å². The highest BCUT2D eigenvalue weighted by Crippen LogP contribution is 2.26. The zero-order valence-electron chi connectivity index (χ0n) is 10.4. The van der Waals surface area contributed by atoms with Crippen molar-refractivity contribution in [1.82, 2.24) is 14.9 Å². The van der Waals surface area contributed by atoms with Crippen molar-refractivity contribution in [3.05, 3.63) is 46.5 Å². The minimum absolute atomic E-state index is 0.0935. The van der Waals surface area contributed by atoms with Gasteiger partial charge in [0.15, 0.2) is 0 Å². The van der Waals surface area contributed by atoms with Crippen molar-refractivity contribution in [3.63, 3.8) is 0 Å². The van der Waals surface area contributed by atoms with E-state index in [1.165, 1.54) is 10.9 Å². The SMILES string of the molecule is Fc1cc(-n2cncc2C2CNCCO2)c(F)cc1Br. The summed E-state index contributed by atoms with van der Waals surface area (Å²) < 4.78 is 34.9. The summed E-state index contributed by atoms with van der Waals surface area (Å²) in [4.78, 5) is 4.02. The van der Waals surface area contributed by atoms with E-state index < -0.39 is 11.6 Å². The van der Waals surface area contributed by atoms with E-state index in [4.69, 9.17) is 4.74 Å². The first-order chi connectivity index (χ1) is 9.66. The molecule has 106 valence electrons. The highest BCUT2D eigenvalue weighted by atomic mass is 79.9. The Morgan fingerprint density at radius 2 is 2.20 bits per heavy atom. The fraction of sp³-hybridized carbons (Fsp3) is 0.308. The van der Waals surface area contributed by atoms with Crippen molar-refractivity contribution in [1.29, 1.82) is 0 Å². The van der Waals surface area contributed by atoms with E-state index in [0.29, 0.717) is 18.8 Å². The van der Waals surface area contributed by atoms with Gasteiger partial charge in [0, 0.05) is 19.2 Å². The molecule has 1 atom stereocenters. The third-order valence-corrected chi connectivity index (χ3v) is 3.78. The van der Waals surface area contributed by atoms with Crippen LogP contribution in [0.4, 0.5) is 8.78 Å². The smallest absolute Gasteiger partial charge is 0.148 e. The molecule has 0 bridgehead atoms. The fourth-order valence-corrected chi connectivity index (χ4v) is 2.51. The van der Waals surface area contributed by atoms with E-state index in [1.54, 1.807) is 6.20 Å². The van der Waals surface area contributed by atoms with Gasteiger partial charge in [0.25, 0.3) is 0 Å². The van der Waals surface area contributed by atoms with Crippen LogP contribution in [0.2, 0.25) is 0 Å². The monoisotopic (exact) mass is 343 g/mol. The van der Waals surface area contributed by atoms with Gasteiger partial charge in [-0.15, -0.1) is 0 Å². The van der Waals surface area contributed by atoms with Crippen LogP contribution in [0.3, 0.4) is 0 Å². The summed E-state index contributed by atoms with van der Waals surface area (Å²) in [5, 5.41) is 3.20. The zero-order chi connectivity index (χ0) is 14.1. The number of hydrogen-bond donors (Lipinski definition) is 1. The molecule has 2 aromatic rings. The van der Waals surface area contributed by atoms with Crippen molar-refractivity contribution in [2.24, 2.45) is 0 Å². The van der Waals surface area contributed by atoms with Gasteiger partial charge in [0.1, 0.15) is 17.7 Å². The Bertz CT molecular complexity index is 626. The lowest BCUT2D eigenvalue weighted by atomic mass is 10.2. The van der Waals surface area contributed by atoms with Gasteiger partial charge >= 0.3 is 0 Å². The lowest BCUT2D eigenvalue weighted by Crippen LogP contribution is -2.34. The number of hydrogen-bond acceptors (Lipinski definition) is 3. The number of imidazole rings is 1. The van der Waals surface area contributed by atoms with E-state index in [2.05, 4.69) is 26.2 Å². The Balaban J connectivity index is 2.03. The fourth-order valence-electron chi connectivity index (χ4n) is 2.20. The molecule has 1 fully saturated rings. The third-order valence-electron chi connectivity index (χ3n) is 3.17. The molecule has 1 aliphatic heterocycles. The molecule has 1 saturated heterocycles.